The van der Waals surface area contributed by atoms with E-state index in [1.54, 1.807) is 12.4 Å². The predicted octanol–water partition coefficient (Wildman–Crippen LogP) is 2.24. The highest BCUT2D eigenvalue weighted by Gasteiger charge is 2.26. The minimum absolute atomic E-state index is 0.00106. The summed E-state index contributed by atoms with van der Waals surface area (Å²) in [5.41, 5.74) is 1.88. The number of aromatic nitrogens is 3. The first-order valence-corrected chi connectivity index (χ1v) is 7.76. The molecule has 3 heterocycles. The summed E-state index contributed by atoms with van der Waals surface area (Å²) in [6.45, 7) is 3.56. The van der Waals surface area contributed by atoms with Crippen LogP contribution in [-0.4, -0.2) is 41.1 Å². The van der Waals surface area contributed by atoms with Gasteiger partial charge >= 0.3 is 5.97 Å². The van der Waals surface area contributed by atoms with E-state index in [0.717, 1.165) is 43.0 Å². The highest BCUT2D eigenvalue weighted by Crippen LogP contribution is 2.25. The van der Waals surface area contributed by atoms with Gasteiger partial charge in [0.25, 0.3) is 0 Å². The molecule has 0 N–H and O–H groups in total. The van der Waals surface area contributed by atoms with Crippen molar-refractivity contribution in [3.63, 3.8) is 0 Å². The number of piperidine rings is 1. The molecule has 23 heavy (non-hydrogen) atoms. The second-order valence-electron chi connectivity index (χ2n) is 5.71. The maximum absolute atomic E-state index is 11.6. The van der Waals surface area contributed by atoms with Crippen molar-refractivity contribution in [2.24, 2.45) is 5.92 Å². The van der Waals surface area contributed by atoms with Crippen LogP contribution in [0.5, 0.6) is 0 Å². The Hall–Kier alpha value is -2.50. The Morgan fingerprint density at radius 1 is 1.22 bits per heavy atom. The molecule has 6 nitrogen and oxygen atoms in total. The number of aryl methyl sites for hydroxylation is 1. The molecular formula is C17H20N4O2. The van der Waals surface area contributed by atoms with Gasteiger partial charge < -0.3 is 9.64 Å². The summed E-state index contributed by atoms with van der Waals surface area (Å²) in [7, 11) is 1.45. The Labute approximate surface area is 135 Å². The second kappa shape index (κ2) is 6.73. The highest BCUT2D eigenvalue weighted by molar-refractivity contribution is 5.72. The van der Waals surface area contributed by atoms with Crippen LogP contribution in [-0.2, 0) is 9.53 Å². The maximum Gasteiger partial charge on any atom is 0.308 e. The van der Waals surface area contributed by atoms with Gasteiger partial charge in [-0.15, -0.1) is 0 Å². The molecule has 2 aromatic rings. The SMILES string of the molecule is COC(=O)C1CCN(c2cc(C)nc(-c3ccncc3)n2)CC1. The zero-order chi connectivity index (χ0) is 16.2. The monoisotopic (exact) mass is 312 g/mol. The minimum atomic E-state index is -0.110. The normalized spacial score (nSPS) is 15.5. The van der Waals surface area contributed by atoms with Gasteiger partial charge in [-0.25, -0.2) is 9.97 Å². The Balaban J connectivity index is 1.79. The summed E-state index contributed by atoms with van der Waals surface area (Å²) in [5, 5.41) is 0. The van der Waals surface area contributed by atoms with E-state index in [-0.39, 0.29) is 11.9 Å². The molecule has 0 unspecified atom stereocenters. The molecule has 0 atom stereocenters. The lowest BCUT2D eigenvalue weighted by atomic mass is 9.97. The van der Waals surface area contributed by atoms with E-state index < -0.39 is 0 Å². The fraction of sp³-hybridized carbons (Fsp3) is 0.412. The molecule has 0 aliphatic carbocycles. The van der Waals surface area contributed by atoms with Crippen molar-refractivity contribution in [1.29, 1.82) is 0 Å². The van der Waals surface area contributed by atoms with E-state index in [1.165, 1.54) is 7.11 Å². The molecule has 1 aliphatic heterocycles. The molecule has 3 rings (SSSR count). The van der Waals surface area contributed by atoms with Crippen molar-refractivity contribution >= 4 is 11.8 Å². The van der Waals surface area contributed by atoms with Crippen molar-refractivity contribution in [2.45, 2.75) is 19.8 Å². The van der Waals surface area contributed by atoms with E-state index in [2.05, 4.69) is 19.9 Å². The van der Waals surface area contributed by atoms with E-state index in [1.807, 2.05) is 25.1 Å². The summed E-state index contributed by atoms with van der Waals surface area (Å²) in [5.74, 6) is 1.50. The first-order valence-electron chi connectivity index (χ1n) is 7.76. The smallest absolute Gasteiger partial charge is 0.308 e. The van der Waals surface area contributed by atoms with Crippen molar-refractivity contribution < 1.29 is 9.53 Å². The largest absolute Gasteiger partial charge is 0.469 e. The van der Waals surface area contributed by atoms with E-state index >= 15 is 0 Å². The second-order valence-corrected chi connectivity index (χ2v) is 5.71. The van der Waals surface area contributed by atoms with Gasteiger partial charge in [0.1, 0.15) is 5.82 Å². The van der Waals surface area contributed by atoms with Crippen LogP contribution in [0.3, 0.4) is 0 Å². The number of hydrogen-bond donors (Lipinski definition) is 0. The summed E-state index contributed by atoms with van der Waals surface area (Å²) in [6, 6.07) is 5.80. The number of carbonyl (C=O) groups excluding carboxylic acids is 1. The lowest BCUT2D eigenvalue weighted by Gasteiger charge is -2.31. The van der Waals surface area contributed by atoms with Crippen LogP contribution < -0.4 is 4.90 Å². The van der Waals surface area contributed by atoms with E-state index in [0.29, 0.717) is 5.82 Å². The Kier molecular flexibility index (Phi) is 4.50. The zero-order valence-corrected chi connectivity index (χ0v) is 13.4. The van der Waals surface area contributed by atoms with Gasteiger partial charge in [0.05, 0.1) is 13.0 Å². The van der Waals surface area contributed by atoms with E-state index in [9.17, 15) is 4.79 Å². The van der Waals surface area contributed by atoms with Gasteiger partial charge in [0.15, 0.2) is 5.82 Å². The van der Waals surface area contributed by atoms with Crippen molar-refractivity contribution in [2.75, 3.05) is 25.1 Å². The maximum atomic E-state index is 11.6. The molecule has 6 heteroatoms. The predicted molar refractivity (Wildman–Crippen MR) is 87.0 cm³/mol. The number of rotatable bonds is 3. The van der Waals surface area contributed by atoms with Gasteiger partial charge in [0, 0.05) is 42.8 Å². The number of hydrogen-bond acceptors (Lipinski definition) is 6. The number of carbonyl (C=O) groups is 1. The molecule has 2 aromatic heterocycles. The first-order chi connectivity index (χ1) is 11.2. The molecule has 1 aliphatic rings. The average Bonchev–Trinajstić information content (AvgIpc) is 2.61. The van der Waals surface area contributed by atoms with Gasteiger partial charge in [-0.05, 0) is 31.9 Å². The number of ether oxygens (including phenoxy) is 1. The highest BCUT2D eigenvalue weighted by atomic mass is 16.5. The van der Waals surface area contributed by atoms with Crippen molar-refractivity contribution in [3.8, 4) is 11.4 Å². The quantitative estimate of drug-likeness (QED) is 0.810. The molecule has 0 aromatic carbocycles. The summed E-state index contributed by atoms with van der Waals surface area (Å²) >= 11 is 0. The van der Waals surface area contributed by atoms with Crippen LogP contribution in [0.15, 0.2) is 30.6 Å². The van der Waals surface area contributed by atoms with E-state index in [4.69, 9.17) is 4.74 Å². The number of pyridine rings is 1. The lowest BCUT2D eigenvalue weighted by Crippen LogP contribution is -2.37. The summed E-state index contributed by atoms with van der Waals surface area (Å²) < 4.78 is 4.84. The van der Waals surface area contributed by atoms with Gasteiger partial charge in [-0.2, -0.15) is 0 Å². The molecular weight excluding hydrogens is 292 g/mol. The number of nitrogens with zero attached hydrogens (tertiary/aromatic N) is 4. The molecule has 0 amide bonds. The third kappa shape index (κ3) is 3.47. The number of anilines is 1. The third-order valence-electron chi connectivity index (χ3n) is 4.13. The first kappa shape index (κ1) is 15.4. The molecule has 0 bridgehead atoms. The molecule has 0 radical (unpaired) electrons. The fourth-order valence-corrected chi connectivity index (χ4v) is 2.85. The number of methoxy groups -OCH3 is 1. The Morgan fingerprint density at radius 2 is 1.91 bits per heavy atom. The topological polar surface area (TPSA) is 68.2 Å². The molecule has 120 valence electrons. The Morgan fingerprint density at radius 3 is 2.57 bits per heavy atom. The Bertz CT molecular complexity index is 682. The fourth-order valence-electron chi connectivity index (χ4n) is 2.85. The minimum Gasteiger partial charge on any atom is -0.469 e. The molecule has 0 spiro atoms. The number of esters is 1. The van der Waals surface area contributed by atoms with Crippen LogP contribution in [0.25, 0.3) is 11.4 Å². The van der Waals surface area contributed by atoms with Crippen molar-refractivity contribution in [1.82, 2.24) is 15.0 Å². The van der Waals surface area contributed by atoms with Crippen molar-refractivity contribution in [3.05, 3.63) is 36.3 Å². The van der Waals surface area contributed by atoms with Crippen LogP contribution in [0.4, 0.5) is 5.82 Å². The standard InChI is InChI=1S/C17H20N4O2/c1-12-11-15(20-16(19-12)13-3-7-18-8-4-13)21-9-5-14(6-10-21)17(22)23-2/h3-4,7-8,11,14H,5-6,9-10H2,1-2H3. The molecule has 1 fully saturated rings. The van der Waals surface area contributed by atoms with Gasteiger partial charge in [-0.1, -0.05) is 0 Å². The van der Waals surface area contributed by atoms with Gasteiger partial charge in [-0.3, -0.25) is 9.78 Å². The third-order valence-corrected chi connectivity index (χ3v) is 4.13. The van der Waals surface area contributed by atoms with Gasteiger partial charge in [0.2, 0.25) is 0 Å². The van der Waals surface area contributed by atoms with Crippen LogP contribution in [0.2, 0.25) is 0 Å². The summed E-state index contributed by atoms with van der Waals surface area (Å²) in [6.07, 6.45) is 5.06. The van der Waals surface area contributed by atoms with Crippen LogP contribution >= 0.6 is 0 Å². The van der Waals surface area contributed by atoms with Crippen LogP contribution in [0, 0.1) is 12.8 Å². The molecule has 0 saturated carbocycles. The zero-order valence-electron chi connectivity index (χ0n) is 13.4. The molecule has 1 saturated heterocycles. The average molecular weight is 312 g/mol. The summed E-state index contributed by atoms with van der Waals surface area (Å²) in [4.78, 5) is 27.1. The van der Waals surface area contributed by atoms with Crippen LogP contribution in [0.1, 0.15) is 18.5 Å². The lowest BCUT2D eigenvalue weighted by molar-refractivity contribution is -0.146.